The molecule has 0 aromatic heterocycles. The maximum Gasteiger partial charge on any atom is 0.309 e. The van der Waals surface area contributed by atoms with Crippen molar-refractivity contribution in [2.45, 2.75) is 25.7 Å². The van der Waals surface area contributed by atoms with Gasteiger partial charge in [0.05, 0.1) is 12.5 Å². The molecule has 0 radical (unpaired) electrons. The number of ether oxygens (including phenoxy) is 2. The van der Waals surface area contributed by atoms with Crippen LogP contribution >= 0.6 is 0 Å². The second kappa shape index (κ2) is 5.61. The Bertz CT molecular complexity index is 528. The molecule has 0 saturated heterocycles. The maximum absolute atomic E-state index is 13.4. The Morgan fingerprint density at radius 2 is 2.15 bits per heavy atom. The summed E-state index contributed by atoms with van der Waals surface area (Å²) in [6.45, 7) is 3.40. The highest BCUT2D eigenvalue weighted by Crippen LogP contribution is 2.55. The van der Waals surface area contributed by atoms with Gasteiger partial charge in [-0.15, -0.1) is 0 Å². The average Bonchev–Trinajstić information content (AvgIpc) is 3.13. The van der Waals surface area contributed by atoms with Crippen LogP contribution in [0.15, 0.2) is 24.3 Å². The molecule has 0 aliphatic heterocycles. The molecule has 0 unspecified atom stereocenters. The summed E-state index contributed by atoms with van der Waals surface area (Å²) >= 11 is 0. The molecule has 1 saturated carbocycles. The summed E-state index contributed by atoms with van der Waals surface area (Å²) in [7, 11) is 0. The lowest BCUT2D eigenvalue weighted by Crippen LogP contribution is -2.24. The van der Waals surface area contributed by atoms with E-state index < -0.39 is 11.4 Å². The molecule has 2 rings (SSSR count). The van der Waals surface area contributed by atoms with Crippen molar-refractivity contribution in [3.63, 3.8) is 0 Å². The molecular weight excluding hydrogens is 263 g/mol. The number of carbonyl (C=O) groups excluding carboxylic acids is 2. The van der Waals surface area contributed by atoms with Gasteiger partial charge in [0.1, 0.15) is 12.4 Å². The number of rotatable bonds is 5. The molecule has 0 heterocycles. The van der Waals surface area contributed by atoms with Gasteiger partial charge in [-0.25, -0.2) is 4.39 Å². The fraction of sp³-hybridized carbons (Fsp3) is 0.467. The van der Waals surface area contributed by atoms with Gasteiger partial charge >= 0.3 is 11.9 Å². The van der Waals surface area contributed by atoms with Gasteiger partial charge in [0.25, 0.3) is 0 Å². The van der Waals surface area contributed by atoms with E-state index in [0.29, 0.717) is 18.6 Å². The zero-order chi connectivity index (χ0) is 14.8. The van der Waals surface area contributed by atoms with Gasteiger partial charge in [-0.1, -0.05) is 12.1 Å². The standard InChI is InChI=1S/C15H17FO4/c1-3-19-14(18)13-8-15(13,9-20-10(2)17)11-5-4-6-12(16)7-11/h4-7,13H,3,8-9H2,1-2H3/t13-,15+/m0/s1. The van der Waals surface area contributed by atoms with Gasteiger partial charge in [0.2, 0.25) is 0 Å². The van der Waals surface area contributed by atoms with Gasteiger partial charge < -0.3 is 9.47 Å². The van der Waals surface area contributed by atoms with E-state index in [-0.39, 0.29) is 24.3 Å². The lowest BCUT2D eigenvalue weighted by molar-refractivity contribution is -0.147. The first-order valence-electron chi connectivity index (χ1n) is 6.55. The molecule has 20 heavy (non-hydrogen) atoms. The first-order chi connectivity index (χ1) is 9.49. The zero-order valence-corrected chi connectivity index (χ0v) is 11.5. The van der Waals surface area contributed by atoms with Crippen LogP contribution in [0.25, 0.3) is 0 Å². The van der Waals surface area contributed by atoms with E-state index in [1.165, 1.54) is 19.1 Å². The fourth-order valence-electron chi connectivity index (χ4n) is 2.45. The third-order valence-corrected chi connectivity index (χ3v) is 3.58. The van der Waals surface area contributed by atoms with Gasteiger partial charge in [0, 0.05) is 12.3 Å². The highest BCUT2D eigenvalue weighted by Gasteiger charge is 2.61. The third kappa shape index (κ3) is 2.81. The van der Waals surface area contributed by atoms with E-state index in [2.05, 4.69) is 0 Å². The zero-order valence-electron chi connectivity index (χ0n) is 11.5. The van der Waals surface area contributed by atoms with Crippen LogP contribution in [-0.4, -0.2) is 25.2 Å². The van der Waals surface area contributed by atoms with Crippen molar-refractivity contribution in [3.8, 4) is 0 Å². The van der Waals surface area contributed by atoms with Crippen molar-refractivity contribution < 1.29 is 23.5 Å². The Balaban J connectivity index is 2.23. The highest BCUT2D eigenvalue weighted by atomic mass is 19.1. The minimum absolute atomic E-state index is 0.0647. The number of halogens is 1. The van der Waals surface area contributed by atoms with Crippen LogP contribution in [0.5, 0.6) is 0 Å². The van der Waals surface area contributed by atoms with Crippen molar-refractivity contribution >= 4 is 11.9 Å². The largest absolute Gasteiger partial charge is 0.466 e. The molecule has 0 spiro atoms. The summed E-state index contributed by atoms with van der Waals surface area (Å²) in [5, 5.41) is 0. The van der Waals surface area contributed by atoms with Gasteiger partial charge in [-0.3, -0.25) is 9.59 Å². The minimum atomic E-state index is -0.653. The molecular formula is C15H17FO4. The molecule has 1 aliphatic rings. The van der Waals surface area contributed by atoms with Gasteiger partial charge in [-0.2, -0.15) is 0 Å². The van der Waals surface area contributed by atoms with Crippen LogP contribution in [0.2, 0.25) is 0 Å². The van der Waals surface area contributed by atoms with Gasteiger partial charge in [0.15, 0.2) is 0 Å². The number of benzene rings is 1. The second-order valence-electron chi connectivity index (χ2n) is 4.96. The number of esters is 2. The molecule has 1 fully saturated rings. The van der Waals surface area contributed by atoms with Crippen LogP contribution in [0, 0.1) is 11.7 Å². The monoisotopic (exact) mass is 280 g/mol. The maximum atomic E-state index is 13.4. The lowest BCUT2D eigenvalue weighted by Gasteiger charge is -2.17. The first-order valence-corrected chi connectivity index (χ1v) is 6.55. The van der Waals surface area contributed by atoms with E-state index in [1.807, 2.05) is 0 Å². The van der Waals surface area contributed by atoms with E-state index in [9.17, 15) is 14.0 Å². The summed E-state index contributed by atoms with van der Waals surface area (Å²) < 4.78 is 23.4. The Morgan fingerprint density at radius 3 is 2.75 bits per heavy atom. The van der Waals surface area contributed by atoms with Crippen molar-refractivity contribution in [1.82, 2.24) is 0 Å². The Labute approximate surface area is 116 Å². The molecule has 0 bridgehead atoms. The van der Waals surface area contributed by atoms with Crippen molar-refractivity contribution in [2.75, 3.05) is 13.2 Å². The highest BCUT2D eigenvalue weighted by molar-refractivity contribution is 5.79. The molecule has 108 valence electrons. The van der Waals surface area contributed by atoms with Gasteiger partial charge in [-0.05, 0) is 31.0 Å². The third-order valence-electron chi connectivity index (χ3n) is 3.58. The smallest absolute Gasteiger partial charge is 0.309 e. The van der Waals surface area contributed by atoms with Crippen LogP contribution in [-0.2, 0) is 24.5 Å². The van der Waals surface area contributed by atoms with Crippen molar-refractivity contribution in [3.05, 3.63) is 35.6 Å². The van der Waals surface area contributed by atoms with Crippen LogP contribution in [0.3, 0.4) is 0 Å². The number of hydrogen-bond donors (Lipinski definition) is 0. The van der Waals surface area contributed by atoms with Crippen LogP contribution in [0.1, 0.15) is 25.8 Å². The normalized spacial score (nSPS) is 24.1. The number of carbonyl (C=O) groups is 2. The topological polar surface area (TPSA) is 52.6 Å². The van der Waals surface area contributed by atoms with Crippen LogP contribution in [0.4, 0.5) is 4.39 Å². The predicted octanol–water partition coefficient (Wildman–Crippen LogP) is 2.21. The van der Waals surface area contributed by atoms with E-state index in [0.717, 1.165) is 0 Å². The molecule has 1 aliphatic carbocycles. The summed E-state index contributed by atoms with van der Waals surface area (Å²) in [5.41, 5.74) is 0.0110. The first kappa shape index (κ1) is 14.5. The van der Waals surface area contributed by atoms with E-state index >= 15 is 0 Å². The van der Waals surface area contributed by atoms with E-state index in [1.54, 1.807) is 19.1 Å². The van der Waals surface area contributed by atoms with Crippen LogP contribution < -0.4 is 0 Å². The van der Waals surface area contributed by atoms with Crippen molar-refractivity contribution in [1.29, 1.82) is 0 Å². The Morgan fingerprint density at radius 1 is 1.40 bits per heavy atom. The quantitative estimate of drug-likeness (QED) is 0.776. The molecule has 0 amide bonds. The molecule has 4 nitrogen and oxygen atoms in total. The SMILES string of the molecule is CCOC(=O)[C@@H]1C[C@@]1(COC(C)=O)c1cccc(F)c1. The minimum Gasteiger partial charge on any atom is -0.466 e. The van der Waals surface area contributed by atoms with Crippen molar-refractivity contribution in [2.24, 2.45) is 5.92 Å². The summed E-state index contributed by atoms with van der Waals surface area (Å²) in [4.78, 5) is 22.9. The summed E-state index contributed by atoms with van der Waals surface area (Å²) in [5.74, 6) is -1.51. The molecule has 1 aromatic rings. The lowest BCUT2D eigenvalue weighted by atomic mass is 9.94. The van der Waals surface area contributed by atoms with E-state index in [4.69, 9.17) is 9.47 Å². The number of hydrogen-bond acceptors (Lipinski definition) is 4. The Hall–Kier alpha value is -1.91. The predicted molar refractivity (Wildman–Crippen MR) is 69.5 cm³/mol. The summed E-state index contributed by atoms with van der Waals surface area (Å²) in [6, 6.07) is 6.04. The molecule has 0 N–H and O–H groups in total. The fourth-order valence-corrected chi connectivity index (χ4v) is 2.45. The summed E-state index contributed by atoms with van der Waals surface area (Å²) in [6.07, 6.45) is 0.503. The Kier molecular flexibility index (Phi) is 4.06. The second-order valence-corrected chi connectivity index (χ2v) is 4.96. The average molecular weight is 280 g/mol. The molecule has 1 aromatic carbocycles. The molecule has 2 atom stereocenters. The molecule has 5 heteroatoms.